The molecule has 0 radical (unpaired) electrons. The highest BCUT2D eigenvalue weighted by atomic mass is 32.2. The van der Waals surface area contributed by atoms with Crippen LogP contribution in [0.1, 0.15) is 64.7 Å². The van der Waals surface area contributed by atoms with Crippen molar-refractivity contribution >= 4 is 11.8 Å². The monoisotopic (exact) mass is 400 g/mol. The molecule has 1 heterocycles. The third kappa shape index (κ3) is 2.99. The van der Waals surface area contributed by atoms with Gasteiger partial charge in [-0.25, -0.2) is 0 Å². The van der Waals surface area contributed by atoms with Crippen LogP contribution in [0, 0.1) is 22.7 Å². The molecule has 5 rings (SSSR count). The van der Waals surface area contributed by atoms with E-state index in [1.165, 1.54) is 57.1 Å². The van der Waals surface area contributed by atoms with Crippen LogP contribution in [-0.4, -0.2) is 30.5 Å². The number of fused-ring (bicyclic) bond motifs is 5. The van der Waals surface area contributed by atoms with E-state index in [0.29, 0.717) is 5.41 Å². The van der Waals surface area contributed by atoms with Crippen molar-refractivity contribution in [2.75, 3.05) is 24.7 Å². The Kier molecular flexibility index (Phi) is 5.09. The Morgan fingerprint density at radius 1 is 1.21 bits per heavy atom. The quantitative estimate of drug-likeness (QED) is 0.399. The van der Waals surface area contributed by atoms with Crippen molar-refractivity contribution in [3.8, 4) is 0 Å². The maximum absolute atomic E-state index is 6.10. The molecule has 2 saturated carbocycles. The van der Waals surface area contributed by atoms with Gasteiger partial charge in [-0.15, -0.1) is 6.58 Å². The summed E-state index contributed by atoms with van der Waals surface area (Å²) in [6.45, 7) is 7.98. The van der Waals surface area contributed by atoms with Gasteiger partial charge in [-0.1, -0.05) is 36.6 Å². The number of hydrogen-bond donors (Lipinski definition) is 0. The van der Waals surface area contributed by atoms with Crippen LogP contribution in [-0.2, 0) is 9.47 Å². The SMILES string of the molecule is C=CCSCC[C@]12CCC3(C=C1CC[C@@H]1C2=CC[C@]2(C)CCC[C@@H]12)OCCO3. The summed E-state index contributed by atoms with van der Waals surface area (Å²) in [6.07, 6.45) is 18.9. The molecule has 3 fully saturated rings. The topological polar surface area (TPSA) is 18.5 Å². The standard InChI is InChI=1S/C25H36O2S/c1-3-16-28-17-13-24-11-12-25(26-14-15-27-25)18-19(24)6-7-20-21-5-4-9-23(21,2)10-8-22(20)24/h3,8,18,20-21H,1,4-7,9-17H2,2H3/t20-,21-,23-,24+/m0/s1. The smallest absolute Gasteiger partial charge is 0.188 e. The lowest BCUT2D eigenvalue weighted by atomic mass is 9.50. The van der Waals surface area contributed by atoms with Gasteiger partial charge in [0.25, 0.3) is 0 Å². The van der Waals surface area contributed by atoms with Crippen LogP contribution in [0.3, 0.4) is 0 Å². The lowest BCUT2D eigenvalue weighted by Crippen LogP contribution is -2.47. The van der Waals surface area contributed by atoms with E-state index >= 15 is 0 Å². The summed E-state index contributed by atoms with van der Waals surface area (Å²) < 4.78 is 12.2. The summed E-state index contributed by atoms with van der Waals surface area (Å²) >= 11 is 2.04. The normalized spacial score (nSPS) is 41.0. The van der Waals surface area contributed by atoms with Crippen LogP contribution < -0.4 is 0 Å². The van der Waals surface area contributed by atoms with Gasteiger partial charge < -0.3 is 9.47 Å². The average molecular weight is 401 g/mol. The highest BCUT2D eigenvalue weighted by Crippen LogP contribution is 2.65. The second kappa shape index (κ2) is 7.32. The molecule has 3 heteroatoms. The van der Waals surface area contributed by atoms with Crippen molar-refractivity contribution in [3.63, 3.8) is 0 Å². The molecule has 0 unspecified atom stereocenters. The van der Waals surface area contributed by atoms with Crippen molar-refractivity contribution in [1.82, 2.24) is 0 Å². The minimum absolute atomic E-state index is 0.279. The maximum atomic E-state index is 6.10. The number of ether oxygens (including phenoxy) is 2. The minimum Gasteiger partial charge on any atom is -0.344 e. The van der Waals surface area contributed by atoms with Crippen LogP contribution in [0.15, 0.2) is 36.0 Å². The third-order valence-corrected chi connectivity index (χ3v) is 9.67. The Morgan fingerprint density at radius 3 is 2.89 bits per heavy atom. The van der Waals surface area contributed by atoms with Gasteiger partial charge in [0.1, 0.15) is 0 Å². The van der Waals surface area contributed by atoms with Crippen molar-refractivity contribution in [3.05, 3.63) is 36.0 Å². The van der Waals surface area contributed by atoms with Crippen LogP contribution in [0.25, 0.3) is 0 Å². The van der Waals surface area contributed by atoms with Gasteiger partial charge >= 0.3 is 0 Å². The first-order valence-electron chi connectivity index (χ1n) is 11.5. The molecule has 1 saturated heterocycles. The molecular weight excluding hydrogens is 364 g/mol. The molecule has 0 aromatic rings. The van der Waals surface area contributed by atoms with E-state index in [2.05, 4.69) is 25.7 Å². The summed E-state index contributed by atoms with van der Waals surface area (Å²) in [6, 6.07) is 0. The fourth-order valence-electron chi connectivity index (χ4n) is 7.34. The van der Waals surface area contributed by atoms with Gasteiger partial charge in [0, 0.05) is 17.6 Å². The van der Waals surface area contributed by atoms with E-state index in [4.69, 9.17) is 9.47 Å². The van der Waals surface area contributed by atoms with Gasteiger partial charge in [0.05, 0.1) is 13.2 Å². The highest BCUT2D eigenvalue weighted by molar-refractivity contribution is 7.99. The van der Waals surface area contributed by atoms with Crippen LogP contribution in [0.4, 0.5) is 0 Å². The highest BCUT2D eigenvalue weighted by Gasteiger charge is 2.56. The van der Waals surface area contributed by atoms with Crippen molar-refractivity contribution < 1.29 is 9.47 Å². The predicted molar refractivity (Wildman–Crippen MR) is 117 cm³/mol. The van der Waals surface area contributed by atoms with Gasteiger partial charge in [-0.3, -0.25) is 0 Å². The zero-order valence-corrected chi connectivity index (χ0v) is 18.3. The fourth-order valence-corrected chi connectivity index (χ4v) is 8.16. The first-order valence-corrected chi connectivity index (χ1v) is 12.7. The molecule has 0 bridgehead atoms. The number of hydrogen-bond acceptors (Lipinski definition) is 3. The molecule has 154 valence electrons. The lowest BCUT2D eigenvalue weighted by molar-refractivity contribution is -0.133. The van der Waals surface area contributed by atoms with E-state index in [0.717, 1.165) is 37.2 Å². The Morgan fingerprint density at radius 2 is 2.07 bits per heavy atom. The molecule has 5 aliphatic rings. The van der Waals surface area contributed by atoms with Gasteiger partial charge in [0.2, 0.25) is 0 Å². The third-order valence-electron chi connectivity index (χ3n) is 8.70. The lowest BCUT2D eigenvalue weighted by Gasteiger charge is -2.55. The summed E-state index contributed by atoms with van der Waals surface area (Å²) in [5, 5.41) is 0. The Hall–Kier alpha value is -0.510. The summed E-state index contributed by atoms with van der Waals surface area (Å²) in [5.41, 5.74) is 4.31. The second-order valence-corrected chi connectivity index (χ2v) is 11.2. The van der Waals surface area contributed by atoms with Gasteiger partial charge in [0.15, 0.2) is 5.79 Å². The predicted octanol–water partition coefficient (Wildman–Crippen LogP) is 6.29. The fraction of sp³-hybridized carbons (Fsp3) is 0.760. The first kappa shape index (κ1) is 19.5. The molecule has 2 nitrogen and oxygen atoms in total. The summed E-state index contributed by atoms with van der Waals surface area (Å²) in [4.78, 5) is 0. The average Bonchev–Trinajstić information content (AvgIpc) is 3.32. The molecule has 28 heavy (non-hydrogen) atoms. The van der Waals surface area contributed by atoms with Crippen LogP contribution in [0.2, 0.25) is 0 Å². The van der Waals surface area contributed by atoms with E-state index in [9.17, 15) is 0 Å². The number of rotatable bonds is 5. The van der Waals surface area contributed by atoms with Crippen molar-refractivity contribution in [2.45, 2.75) is 70.5 Å². The number of thioether (sulfide) groups is 1. The maximum Gasteiger partial charge on any atom is 0.188 e. The van der Waals surface area contributed by atoms with E-state index in [1.807, 2.05) is 23.4 Å². The van der Waals surface area contributed by atoms with E-state index in [-0.39, 0.29) is 5.41 Å². The number of allylic oxidation sites excluding steroid dienone is 3. The Bertz CT molecular complexity index is 689. The largest absolute Gasteiger partial charge is 0.344 e. The molecule has 0 aromatic carbocycles. The molecular formula is C25H36O2S. The molecule has 4 aliphatic carbocycles. The van der Waals surface area contributed by atoms with Gasteiger partial charge in [-0.05, 0) is 74.0 Å². The Balaban J connectivity index is 1.50. The second-order valence-electron chi connectivity index (χ2n) is 10.0. The molecule has 0 aromatic heterocycles. The zero-order valence-electron chi connectivity index (χ0n) is 17.5. The molecule has 0 amide bonds. The van der Waals surface area contributed by atoms with Crippen molar-refractivity contribution in [2.24, 2.45) is 22.7 Å². The Labute approximate surface area is 175 Å². The molecule has 4 atom stereocenters. The molecule has 1 aliphatic heterocycles. The van der Waals surface area contributed by atoms with Gasteiger partial charge in [-0.2, -0.15) is 11.8 Å². The minimum atomic E-state index is -0.406. The zero-order chi connectivity index (χ0) is 19.2. The first-order chi connectivity index (χ1) is 13.6. The molecule has 1 spiro atoms. The van der Waals surface area contributed by atoms with Crippen molar-refractivity contribution in [1.29, 1.82) is 0 Å². The van der Waals surface area contributed by atoms with Crippen LogP contribution >= 0.6 is 11.8 Å². The summed E-state index contributed by atoms with van der Waals surface area (Å²) in [7, 11) is 0. The van der Waals surface area contributed by atoms with Crippen LogP contribution in [0.5, 0.6) is 0 Å². The van der Waals surface area contributed by atoms with E-state index < -0.39 is 5.79 Å². The molecule has 0 N–H and O–H groups in total. The summed E-state index contributed by atoms with van der Waals surface area (Å²) in [5.74, 6) is 3.62. The van der Waals surface area contributed by atoms with E-state index in [1.54, 1.807) is 5.57 Å².